The Morgan fingerprint density at radius 3 is 2.38 bits per heavy atom. The maximum atomic E-state index is 6.13. The first kappa shape index (κ1) is 23.3. The van der Waals surface area contributed by atoms with Gasteiger partial charge in [-0.25, -0.2) is 4.98 Å². The molecule has 1 saturated carbocycles. The summed E-state index contributed by atoms with van der Waals surface area (Å²) in [6.07, 6.45) is 9.36. The van der Waals surface area contributed by atoms with E-state index in [1.54, 1.807) is 0 Å². The molecule has 1 aliphatic heterocycles. The van der Waals surface area contributed by atoms with Crippen LogP contribution in [0.2, 0.25) is 5.02 Å². The summed E-state index contributed by atoms with van der Waals surface area (Å²) >= 11 is 11.8. The van der Waals surface area contributed by atoms with Crippen LogP contribution in [0.5, 0.6) is 0 Å². The molecule has 2 aromatic rings. The number of aromatic nitrogens is 1. The lowest BCUT2D eigenvalue weighted by Crippen LogP contribution is -2.43. The Labute approximate surface area is 203 Å². The van der Waals surface area contributed by atoms with E-state index in [0.29, 0.717) is 16.9 Å². The molecule has 6 heteroatoms. The number of hydrogen-bond acceptors (Lipinski definition) is 3. The number of anilines is 2. The smallest absolute Gasteiger partial charge is 0.170 e. The fraction of sp³-hybridized carbons (Fsp3) is 0.538. The zero-order chi connectivity index (χ0) is 22.6. The van der Waals surface area contributed by atoms with Crippen LogP contribution in [-0.4, -0.2) is 29.7 Å². The van der Waals surface area contributed by atoms with Gasteiger partial charge < -0.3 is 15.5 Å². The minimum atomic E-state index is 0.109. The summed E-state index contributed by atoms with van der Waals surface area (Å²) in [7, 11) is 0. The summed E-state index contributed by atoms with van der Waals surface area (Å²) < 4.78 is 0. The molecule has 0 amide bonds. The van der Waals surface area contributed by atoms with Crippen LogP contribution in [0.3, 0.4) is 0 Å². The van der Waals surface area contributed by atoms with Crippen molar-refractivity contribution < 1.29 is 0 Å². The largest absolute Gasteiger partial charge is 0.362 e. The van der Waals surface area contributed by atoms with Gasteiger partial charge >= 0.3 is 0 Å². The van der Waals surface area contributed by atoms with Gasteiger partial charge in [-0.15, -0.1) is 0 Å². The van der Waals surface area contributed by atoms with Crippen molar-refractivity contribution in [3.8, 4) is 0 Å². The predicted molar refractivity (Wildman–Crippen MR) is 140 cm³/mol. The minimum absolute atomic E-state index is 0.109. The van der Waals surface area contributed by atoms with E-state index in [2.05, 4.69) is 53.6 Å². The zero-order valence-corrected chi connectivity index (χ0v) is 20.8. The molecule has 0 radical (unpaired) electrons. The molecule has 4 rings (SSSR count). The molecule has 32 heavy (non-hydrogen) atoms. The highest BCUT2D eigenvalue weighted by Crippen LogP contribution is 2.39. The molecular formula is C26H35ClN4S. The normalized spacial score (nSPS) is 22.9. The number of pyridine rings is 1. The Morgan fingerprint density at radius 2 is 1.75 bits per heavy atom. The predicted octanol–water partition coefficient (Wildman–Crippen LogP) is 6.41. The third-order valence-electron chi connectivity index (χ3n) is 7.05. The second-order valence-electron chi connectivity index (χ2n) is 9.91. The Kier molecular flexibility index (Phi) is 7.57. The van der Waals surface area contributed by atoms with Crippen molar-refractivity contribution in [2.45, 2.75) is 57.8 Å². The van der Waals surface area contributed by atoms with Crippen molar-refractivity contribution in [1.29, 1.82) is 0 Å². The highest BCUT2D eigenvalue weighted by molar-refractivity contribution is 7.80. The van der Waals surface area contributed by atoms with Gasteiger partial charge in [0.25, 0.3) is 0 Å². The van der Waals surface area contributed by atoms with E-state index in [4.69, 9.17) is 28.8 Å². The molecule has 1 aromatic carbocycles. The molecule has 172 valence electrons. The van der Waals surface area contributed by atoms with Crippen molar-refractivity contribution in [3.63, 3.8) is 0 Å². The van der Waals surface area contributed by atoms with Crippen LogP contribution < -0.4 is 15.5 Å². The molecule has 1 aromatic heterocycles. The van der Waals surface area contributed by atoms with E-state index >= 15 is 0 Å². The number of thiocarbonyl (C=S) groups is 1. The van der Waals surface area contributed by atoms with Gasteiger partial charge in [-0.3, -0.25) is 0 Å². The van der Waals surface area contributed by atoms with Gasteiger partial charge in [0.15, 0.2) is 5.11 Å². The highest BCUT2D eigenvalue weighted by atomic mass is 35.5. The van der Waals surface area contributed by atoms with E-state index in [1.807, 2.05) is 18.3 Å². The molecule has 4 nitrogen and oxygen atoms in total. The fourth-order valence-electron chi connectivity index (χ4n) is 5.52. The lowest BCUT2D eigenvalue weighted by Gasteiger charge is -2.38. The van der Waals surface area contributed by atoms with Crippen molar-refractivity contribution in [2.75, 3.05) is 29.9 Å². The molecule has 2 N–H and O–H groups in total. The van der Waals surface area contributed by atoms with Crippen LogP contribution >= 0.6 is 23.8 Å². The number of hydrogen-bond donors (Lipinski definition) is 2. The second-order valence-corrected chi connectivity index (χ2v) is 10.8. The van der Waals surface area contributed by atoms with Gasteiger partial charge in [0, 0.05) is 30.1 Å². The average molecular weight is 471 g/mol. The molecule has 0 spiro atoms. The lowest BCUT2D eigenvalue weighted by molar-refractivity contribution is 0.292. The van der Waals surface area contributed by atoms with Gasteiger partial charge in [0.2, 0.25) is 0 Å². The molecule has 1 aliphatic carbocycles. The van der Waals surface area contributed by atoms with Gasteiger partial charge in [-0.2, -0.15) is 0 Å². The third-order valence-corrected chi connectivity index (χ3v) is 7.55. The monoisotopic (exact) mass is 470 g/mol. The molecular weight excluding hydrogens is 436 g/mol. The van der Waals surface area contributed by atoms with E-state index in [-0.39, 0.29) is 5.41 Å². The first-order valence-electron chi connectivity index (χ1n) is 12.0. The zero-order valence-electron chi connectivity index (χ0n) is 19.2. The number of piperidine rings is 1. The van der Waals surface area contributed by atoms with Crippen molar-refractivity contribution in [1.82, 2.24) is 10.3 Å². The molecule has 2 atom stereocenters. The van der Waals surface area contributed by atoms with E-state index < -0.39 is 0 Å². The average Bonchev–Trinajstić information content (AvgIpc) is 2.79. The SMILES string of the molecule is C[C@H]1C[C@H](C)CN(c2ccc(NC(=S)NCC3(c4ccc(Cl)cc4)CCCCC3)cn2)C1. The molecule has 0 unspecified atom stereocenters. The Balaban J connectivity index is 1.36. The van der Waals surface area contributed by atoms with Crippen LogP contribution in [-0.2, 0) is 5.41 Å². The number of benzene rings is 1. The first-order chi connectivity index (χ1) is 15.4. The molecule has 1 saturated heterocycles. The van der Waals surface area contributed by atoms with Crippen molar-refractivity contribution >= 4 is 40.4 Å². The van der Waals surface area contributed by atoms with Gasteiger partial charge in [0.1, 0.15) is 5.82 Å². The van der Waals surface area contributed by atoms with Crippen LogP contribution in [0.25, 0.3) is 0 Å². The summed E-state index contributed by atoms with van der Waals surface area (Å²) in [5, 5.41) is 8.26. The Bertz CT molecular complexity index is 883. The molecule has 2 aliphatic rings. The number of nitrogens with one attached hydrogen (secondary N) is 2. The first-order valence-corrected chi connectivity index (χ1v) is 12.7. The van der Waals surface area contributed by atoms with E-state index in [9.17, 15) is 0 Å². The lowest BCUT2D eigenvalue weighted by atomic mass is 9.69. The molecule has 2 heterocycles. The molecule has 2 fully saturated rings. The molecule has 0 bridgehead atoms. The van der Waals surface area contributed by atoms with Crippen molar-refractivity contribution in [3.05, 3.63) is 53.2 Å². The second kappa shape index (κ2) is 10.4. The summed E-state index contributed by atoms with van der Waals surface area (Å²) in [5.74, 6) is 2.47. The minimum Gasteiger partial charge on any atom is -0.362 e. The summed E-state index contributed by atoms with van der Waals surface area (Å²) in [4.78, 5) is 7.11. The third kappa shape index (κ3) is 5.74. The maximum absolute atomic E-state index is 6.13. The van der Waals surface area contributed by atoms with E-state index in [1.165, 1.54) is 44.1 Å². The highest BCUT2D eigenvalue weighted by Gasteiger charge is 2.34. The summed E-state index contributed by atoms with van der Waals surface area (Å²) in [6, 6.07) is 12.5. The standard InChI is InChI=1S/C26H35ClN4S/c1-19-14-20(2)17-31(16-19)24-11-10-23(15-28-24)30-25(32)29-18-26(12-4-3-5-13-26)21-6-8-22(27)9-7-21/h6-11,15,19-20H,3-5,12-14,16-18H2,1-2H3,(H2,29,30,32)/t19-,20-/m0/s1. The summed E-state index contributed by atoms with van der Waals surface area (Å²) in [6.45, 7) is 7.64. The number of nitrogens with zero attached hydrogens (tertiary/aromatic N) is 2. The van der Waals surface area contributed by atoms with Gasteiger partial charge in [-0.05, 0) is 73.1 Å². The van der Waals surface area contributed by atoms with E-state index in [0.717, 1.165) is 36.2 Å². The van der Waals surface area contributed by atoms with Gasteiger partial charge in [-0.1, -0.05) is 56.8 Å². The van der Waals surface area contributed by atoms with Crippen LogP contribution in [0, 0.1) is 11.8 Å². The number of rotatable bonds is 5. The topological polar surface area (TPSA) is 40.2 Å². The van der Waals surface area contributed by atoms with Crippen LogP contribution in [0.4, 0.5) is 11.5 Å². The quantitative estimate of drug-likeness (QED) is 0.494. The van der Waals surface area contributed by atoms with Crippen molar-refractivity contribution in [2.24, 2.45) is 11.8 Å². The number of halogens is 1. The van der Waals surface area contributed by atoms with Gasteiger partial charge in [0.05, 0.1) is 11.9 Å². The summed E-state index contributed by atoms with van der Waals surface area (Å²) in [5.41, 5.74) is 2.39. The van der Waals surface area contributed by atoms with Crippen LogP contribution in [0.1, 0.15) is 57.9 Å². The maximum Gasteiger partial charge on any atom is 0.170 e. The Hall–Kier alpha value is -1.85. The fourth-order valence-corrected chi connectivity index (χ4v) is 5.84. The Morgan fingerprint density at radius 1 is 1.06 bits per heavy atom. The van der Waals surface area contributed by atoms with Crippen LogP contribution in [0.15, 0.2) is 42.6 Å².